The highest BCUT2D eigenvalue weighted by molar-refractivity contribution is 7.47. The Hall–Kier alpha value is -1.94. The molecule has 103 heavy (non-hydrogen) atoms. The third kappa shape index (κ3) is 78.0. The Morgan fingerprint density at radius 1 is 0.262 bits per heavy atom. The minimum absolute atomic E-state index is 0.106. The molecule has 0 aliphatic heterocycles. The van der Waals surface area contributed by atoms with Crippen LogP contribution in [0.4, 0.5) is 0 Å². The van der Waals surface area contributed by atoms with Gasteiger partial charge >= 0.3 is 39.5 Å². The molecule has 0 aromatic heterocycles. The lowest BCUT2D eigenvalue weighted by Crippen LogP contribution is -2.30. The average Bonchev–Trinajstić information content (AvgIpc) is 1.05. The molecule has 0 aliphatic rings. The normalized spacial score (nSPS) is 13.9. The minimum atomic E-state index is -4.96. The Morgan fingerprint density at radius 2 is 0.447 bits per heavy atom. The van der Waals surface area contributed by atoms with Gasteiger partial charge in [0.15, 0.2) is 12.2 Å². The summed E-state index contributed by atoms with van der Waals surface area (Å²) in [4.78, 5) is 73.1. The van der Waals surface area contributed by atoms with Crippen molar-refractivity contribution in [1.82, 2.24) is 0 Å². The van der Waals surface area contributed by atoms with Gasteiger partial charge in [0, 0.05) is 25.7 Å². The molecule has 19 heteroatoms. The molecule has 5 atom stereocenters. The van der Waals surface area contributed by atoms with Crippen molar-refractivity contribution in [2.45, 2.75) is 458 Å². The van der Waals surface area contributed by atoms with E-state index in [1.807, 2.05) is 0 Å². The second-order valence-corrected chi connectivity index (χ2v) is 34.6. The van der Waals surface area contributed by atoms with E-state index < -0.39 is 97.5 Å². The van der Waals surface area contributed by atoms with Gasteiger partial charge in [-0.3, -0.25) is 37.3 Å². The molecular weight excluding hydrogens is 1340 g/mol. The molecule has 0 radical (unpaired) electrons. The smallest absolute Gasteiger partial charge is 0.462 e. The van der Waals surface area contributed by atoms with Crippen molar-refractivity contribution >= 4 is 39.5 Å². The molecule has 0 spiro atoms. The summed E-state index contributed by atoms with van der Waals surface area (Å²) in [5, 5.41) is 10.7. The topological polar surface area (TPSA) is 237 Å². The van der Waals surface area contributed by atoms with Crippen molar-refractivity contribution in [3.05, 3.63) is 0 Å². The number of unbranched alkanes of at least 4 members (excludes halogenated alkanes) is 50. The van der Waals surface area contributed by atoms with Crippen LogP contribution in [0.25, 0.3) is 0 Å². The maximum absolute atomic E-state index is 13.1. The molecule has 612 valence electrons. The van der Waals surface area contributed by atoms with Gasteiger partial charge in [-0.1, -0.05) is 389 Å². The summed E-state index contributed by atoms with van der Waals surface area (Å²) >= 11 is 0. The van der Waals surface area contributed by atoms with E-state index >= 15 is 0 Å². The highest BCUT2D eigenvalue weighted by atomic mass is 31.2. The minimum Gasteiger partial charge on any atom is -0.462 e. The molecule has 17 nitrogen and oxygen atoms in total. The van der Waals surface area contributed by atoms with E-state index in [2.05, 4.69) is 48.5 Å². The molecule has 0 rings (SSSR count). The van der Waals surface area contributed by atoms with Gasteiger partial charge in [0.1, 0.15) is 19.3 Å². The number of hydrogen-bond donors (Lipinski definition) is 3. The molecule has 2 unspecified atom stereocenters. The van der Waals surface area contributed by atoms with Gasteiger partial charge < -0.3 is 33.8 Å². The lowest BCUT2D eigenvalue weighted by Gasteiger charge is -2.21. The first-order chi connectivity index (χ1) is 49.7. The molecule has 0 aromatic carbocycles. The molecule has 0 saturated heterocycles. The van der Waals surface area contributed by atoms with E-state index in [-0.39, 0.29) is 25.7 Å². The van der Waals surface area contributed by atoms with Gasteiger partial charge in [-0.15, -0.1) is 0 Å². The van der Waals surface area contributed by atoms with Crippen LogP contribution in [0.15, 0.2) is 0 Å². The van der Waals surface area contributed by atoms with E-state index in [0.717, 1.165) is 108 Å². The van der Waals surface area contributed by atoms with Crippen molar-refractivity contribution in [2.75, 3.05) is 39.6 Å². The van der Waals surface area contributed by atoms with Gasteiger partial charge in [0.2, 0.25) is 0 Å². The van der Waals surface area contributed by atoms with Gasteiger partial charge in [-0.05, 0) is 43.4 Å². The summed E-state index contributed by atoms with van der Waals surface area (Å²) < 4.78 is 68.8. The number of phosphoric ester groups is 2. The fraction of sp³-hybridized carbons (Fsp3) is 0.952. The predicted molar refractivity (Wildman–Crippen MR) is 423 cm³/mol. The lowest BCUT2D eigenvalue weighted by atomic mass is 10.0. The highest BCUT2D eigenvalue weighted by Crippen LogP contribution is 2.45. The quantitative estimate of drug-likeness (QED) is 0.0222. The Bertz CT molecular complexity index is 1990. The fourth-order valence-electron chi connectivity index (χ4n) is 13.0. The van der Waals surface area contributed by atoms with Crippen LogP contribution in [0.5, 0.6) is 0 Å². The Labute approximate surface area is 632 Å². The van der Waals surface area contributed by atoms with Crippen LogP contribution in [-0.2, 0) is 65.4 Å². The second kappa shape index (κ2) is 74.2. The number of phosphoric acid groups is 2. The van der Waals surface area contributed by atoms with Gasteiger partial charge in [0.05, 0.1) is 26.4 Å². The highest BCUT2D eigenvalue weighted by Gasteiger charge is 2.30. The molecule has 0 heterocycles. The first-order valence-electron chi connectivity index (χ1n) is 43.3. The average molecular weight is 1510 g/mol. The SMILES string of the molecule is CCCCCCCCCCCCCCC(=O)OC[C@H](COP(=O)(O)OC[C@H](O)COP(=O)(O)OC[C@@H](COC(=O)CCCCCCCCCCCCCCCCC(C)C)OC(=O)CCCCCCCCCCCCCCCCCCCCC(C)C)OC(=O)CCCCCCCCCCCCC(C)C. The van der Waals surface area contributed by atoms with Crippen LogP contribution in [-0.4, -0.2) is 96.7 Å². The second-order valence-electron chi connectivity index (χ2n) is 31.6. The van der Waals surface area contributed by atoms with E-state index in [0.29, 0.717) is 25.7 Å². The number of ether oxygens (including phenoxy) is 4. The van der Waals surface area contributed by atoms with E-state index in [1.54, 1.807) is 0 Å². The van der Waals surface area contributed by atoms with Crippen LogP contribution in [0.3, 0.4) is 0 Å². The summed E-state index contributed by atoms with van der Waals surface area (Å²) in [7, 11) is -9.93. The summed E-state index contributed by atoms with van der Waals surface area (Å²) in [6, 6.07) is 0. The van der Waals surface area contributed by atoms with E-state index in [9.17, 15) is 43.2 Å². The molecule has 0 aromatic rings. The zero-order valence-electron chi connectivity index (χ0n) is 67.8. The van der Waals surface area contributed by atoms with E-state index in [4.69, 9.17) is 37.0 Å². The zero-order valence-corrected chi connectivity index (χ0v) is 69.6. The Balaban J connectivity index is 5.24. The number of hydrogen-bond acceptors (Lipinski definition) is 15. The molecule has 0 amide bonds. The van der Waals surface area contributed by atoms with Crippen LogP contribution in [0.1, 0.15) is 440 Å². The van der Waals surface area contributed by atoms with Gasteiger partial charge in [-0.2, -0.15) is 0 Å². The summed E-state index contributed by atoms with van der Waals surface area (Å²) in [6.45, 7) is 12.0. The zero-order chi connectivity index (χ0) is 75.8. The predicted octanol–water partition coefficient (Wildman–Crippen LogP) is 25.3. The van der Waals surface area contributed by atoms with Crippen LogP contribution in [0.2, 0.25) is 0 Å². The largest absolute Gasteiger partial charge is 0.472 e. The summed E-state index contributed by atoms with van der Waals surface area (Å²) in [5.41, 5.74) is 0. The maximum atomic E-state index is 13.1. The van der Waals surface area contributed by atoms with E-state index in [1.165, 1.54) is 250 Å². The molecular formula is C84H164O17P2. The standard InChI is InChI=1S/C84H164O17P2/c1-8-9-10-11-12-13-14-29-37-44-51-58-65-81(86)94-72-80(101-84(89)68-61-54-47-40-33-32-36-43-50-57-64-77(6)7)74-99-103(92,93)97-70-78(85)69-96-102(90,91)98-73-79(71-95-82(87)66-59-52-45-38-30-25-22-21-24-28-35-42-49-56-63-76(4)5)100-83(88)67-60-53-46-39-31-26-20-18-16-15-17-19-23-27-34-41-48-55-62-75(2)3/h75-80,85H,8-74H2,1-7H3,(H,90,91)(H,92,93)/t78-,79-,80-/m1/s1. The molecule has 0 aliphatic carbocycles. The number of aliphatic hydroxyl groups excluding tert-OH is 1. The Kier molecular flexibility index (Phi) is 72.8. The molecule has 3 N–H and O–H groups in total. The maximum Gasteiger partial charge on any atom is 0.472 e. The first kappa shape index (κ1) is 101. The molecule has 0 saturated carbocycles. The number of esters is 4. The van der Waals surface area contributed by atoms with Crippen LogP contribution < -0.4 is 0 Å². The van der Waals surface area contributed by atoms with Crippen molar-refractivity contribution in [1.29, 1.82) is 0 Å². The number of rotatable bonds is 82. The summed E-state index contributed by atoms with van der Waals surface area (Å²) in [5.74, 6) is 0.266. The fourth-order valence-corrected chi connectivity index (χ4v) is 14.6. The number of carbonyl (C=O) groups excluding carboxylic acids is 4. The number of aliphatic hydroxyl groups is 1. The number of carbonyl (C=O) groups is 4. The molecule has 0 bridgehead atoms. The van der Waals surface area contributed by atoms with Crippen molar-refractivity contribution < 1.29 is 80.2 Å². The lowest BCUT2D eigenvalue weighted by molar-refractivity contribution is -0.161. The van der Waals surface area contributed by atoms with Crippen molar-refractivity contribution in [3.63, 3.8) is 0 Å². The van der Waals surface area contributed by atoms with Crippen LogP contribution in [0, 0.1) is 17.8 Å². The Morgan fingerprint density at radius 3 is 0.660 bits per heavy atom. The monoisotopic (exact) mass is 1510 g/mol. The first-order valence-corrected chi connectivity index (χ1v) is 46.3. The molecule has 0 fully saturated rings. The van der Waals surface area contributed by atoms with Gasteiger partial charge in [-0.25, -0.2) is 9.13 Å². The third-order valence-electron chi connectivity index (χ3n) is 19.6. The summed E-state index contributed by atoms with van der Waals surface area (Å²) in [6.07, 6.45) is 63.8. The van der Waals surface area contributed by atoms with Crippen LogP contribution >= 0.6 is 15.6 Å². The van der Waals surface area contributed by atoms with Crippen molar-refractivity contribution in [2.24, 2.45) is 17.8 Å². The van der Waals surface area contributed by atoms with Gasteiger partial charge in [0.25, 0.3) is 0 Å². The third-order valence-corrected chi connectivity index (χ3v) is 21.5. The van der Waals surface area contributed by atoms with Crippen molar-refractivity contribution in [3.8, 4) is 0 Å².